The molecule has 4 heteroatoms. The van der Waals surface area contributed by atoms with Crippen LogP contribution in [0.5, 0.6) is 11.6 Å². The average molecular weight is 381 g/mol. The van der Waals surface area contributed by atoms with Crippen LogP contribution in [-0.2, 0) is 13.0 Å². The lowest BCUT2D eigenvalue weighted by Crippen LogP contribution is -2.05. The average Bonchev–Trinajstić information content (AvgIpc) is 3.04. The number of nitrogens with zero attached hydrogens (tertiary/aromatic N) is 2. The van der Waals surface area contributed by atoms with E-state index >= 15 is 0 Å². The molecular formula is C24H32N2O2. The van der Waals surface area contributed by atoms with Crippen LogP contribution in [0.4, 0.5) is 0 Å². The van der Waals surface area contributed by atoms with Gasteiger partial charge in [0.15, 0.2) is 0 Å². The fraction of sp³-hybridized carbons (Fsp3) is 0.458. The van der Waals surface area contributed by atoms with Crippen molar-refractivity contribution in [3.05, 3.63) is 52.3 Å². The van der Waals surface area contributed by atoms with E-state index in [9.17, 15) is 5.11 Å². The van der Waals surface area contributed by atoms with E-state index in [0.29, 0.717) is 11.9 Å². The molecule has 1 N–H and O–H groups in total. The first kappa shape index (κ1) is 20.4. The van der Waals surface area contributed by atoms with Gasteiger partial charge in [-0.3, -0.25) is 0 Å². The summed E-state index contributed by atoms with van der Waals surface area (Å²) in [6.45, 7) is 12.8. The van der Waals surface area contributed by atoms with E-state index in [1.807, 2.05) is 32.9 Å². The topological polar surface area (TPSA) is 47.3 Å². The molecule has 28 heavy (non-hydrogen) atoms. The summed E-state index contributed by atoms with van der Waals surface area (Å²) in [4.78, 5) is 4.77. The number of aromatic nitrogens is 2. The van der Waals surface area contributed by atoms with Crippen LogP contribution in [0.2, 0.25) is 0 Å². The van der Waals surface area contributed by atoms with E-state index < -0.39 is 0 Å². The summed E-state index contributed by atoms with van der Waals surface area (Å²) in [7, 11) is 0. The molecule has 2 aromatic heterocycles. The van der Waals surface area contributed by atoms with E-state index in [1.54, 1.807) is 0 Å². The molecule has 0 aliphatic heterocycles. The number of rotatable bonds is 7. The fourth-order valence-electron chi connectivity index (χ4n) is 4.15. The van der Waals surface area contributed by atoms with Crippen LogP contribution < -0.4 is 4.74 Å². The fourth-order valence-corrected chi connectivity index (χ4v) is 4.15. The van der Waals surface area contributed by atoms with Crippen LogP contribution in [0.15, 0.2) is 24.4 Å². The summed E-state index contributed by atoms with van der Waals surface area (Å²) >= 11 is 0. The van der Waals surface area contributed by atoms with Gasteiger partial charge >= 0.3 is 0 Å². The summed E-state index contributed by atoms with van der Waals surface area (Å²) in [5.74, 6) is 1.51. The molecule has 0 saturated heterocycles. The van der Waals surface area contributed by atoms with Crippen LogP contribution >= 0.6 is 0 Å². The van der Waals surface area contributed by atoms with Crippen LogP contribution in [0, 0.1) is 20.8 Å². The standard InChI is InChI=1S/C24H32N2O2/c1-7-19-13-26(20(8-2)9-3)21-12-17(6)25-24(22(19)21)28-23-15(4)10-18(14-27)11-16(23)5/h10-13,20,27H,7-9,14H2,1-6H3. The molecule has 3 aromatic rings. The Bertz CT molecular complexity index is 961. The first-order valence-electron chi connectivity index (χ1n) is 10.3. The lowest BCUT2D eigenvalue weighted by atomic mass is 10.1. The number of hydrogen-bond donors (Lipinski definition) is 1. The van der Waals surface area contributed by atoms with Crippen molar-refractivity contribution in [2.24, 2.45) is 0 Å². The van der Waals surface area contributed by atoms with E-state index in [1.165, 1.54) is 11.1 Å². The summed E-state index contributed by atoms with van der Waals surface area (Å²) in [5, 5.41) is 10.6. The van der Waals surface area contributed by atoms with Crippen molar-refractivity contribution >= 4 is 10.9 Å². The van der Waals surface area contributed by atoms with Gasteiger partial charge in [0.1, 0.15) is 5.75 Å². The van der Waals surface area contributed by atoms with Gasteiger partial charge in [0.05, 0.1) is 17.5 Å². The molecule has 0 spiro atoms. The zero-order valence-corrected chi connectivity index (χ0v) is 18.0. The molecule has 0 unspecified atom stereocenters. The molecule has 0 aliphatic rings. The van der Waals surface area contributed by atoms with Crippen molar-refractivity contribution in [3.8, 4) is 11.6 Å². The largest absolute Gasteiger partial charge is 0.438 e. The first-order valence-corrected chi connectivity index (χ1v) is 10.3. The molecule has 0 radical (unpaired) electrons. The van der Waals surface area contributed by atoms with Crippen molar-refractivity contribution in [2.45, 2.75) is 73.5 Å². The van der Waals surface area contributed by atoms with E-state index in [4.69, 9.17) is 9.72 Å². The van der Waals surface area contributed by atoms with Crippen LogP contribution in [0.25, 0.3) is 10.9 Å². The van der Waals surface area contributed by atoms with Crippen molar-refractivity contribution in [1.29, 1.82) is 0 Å². The normalized spacial score (nSPS) is 11.6. The van der Waals surface area contributed by atoms with Gasteiger partial charge in [-0.05, 0) is 68.4 Å². The number of benzene rings is 1. The Kier molecular flexibility index (Phi) is 6.09. The minimum atomic E-state index is 0.0349. The van der Waals surface area contributed by atoms with Crippen LogP contribution in [-0.4, -0.2) is 14.7 Å². The van der Waals surface area contributed by atoms with Crippen LogP contribution in [0.3, 0.4) is 0 Å². The number of pyridine rings is 1. The third-order valence-corrected chi connectivity index (χ3v) is 5.61. The lowest BCUT2D eigenvalue weighted by Gasteiger charge is -2.17. The second-order valence-electron chi connectivity index (χ2n) is 7.67. The third-order valence-electron chi connectivity index (χ3n) is 5.61. The summed E-state index contributed by atoms with van der Waals surface area (Å²) < 4.78 is 8.84. The highest BCUT2D eigenvalue weighted by Gasteiger charge is 2.20. The van der Waals surface area contributed by atoms with Crippen molar-refractivity contribution < 1.29 is 9.84 Å². The lowest BCUT2D eigenvalue weighted by molar-refractivity contribution is 0.281. The zero-order valence-electron chi connectivity index (χ0n) is 18.0. The Labute approximate surface area is 168 Å². The van der Waals surface area contributed by atoms with Crippen molar-refractivity contribution in [2.75, 3.05) is 0 Å². The summed E-state index contributed by atoms with van der Waals surface area (Å²) in [6, 6.07) is 6.61. The molecule has 0 atom stereocenters. The van der Waals surface area contributed by atoms with Crippen molar-refractivity contribution in [1.82, 2.24) is 9.55 Å². The molecular weight excluding hydrogens is 348 g/mol. The number of ether oxygens (including phenoxy) is 1. The Hall–Kier alpha value is -2.33. The predicted molar refractivity (Wildman–Crippen MR) is 115 cm³/mol. The molecule has 0 fully saturated rings. The molecule has 3 rings (SSSR count). The molecule has 150 valence electrons. The number of hydrogen-bond acceptors (Lipinski definition) is 3. The first-order chi connectivity index (χ1) is 13.4. The summed E-state index contributed by atoms with van der Waals surface area (Å²) in [6.07, 6.45) is 5.42. The minimum absolute atomic E-state index is 0.0349. The minimum Gasteiger partial charge on any atom is -0.438 e. The maximum atomic E-state index is 9.46. The zero-order chi connectivity index (χ0) is 20.4. The number of fused-ring (bicyclic) bond motifs is 1. The number of aliphatic hydroxyl groups excluding tert-OH is 1. The monoisotopic (exact) mass is 380 g/mol. The van der Waals surface area contributed by atoms with Gasteiger partial charge < -0.3 is 14.4 Å². The Morgan fingerprint density at radius 3 is 2.21 bits per heavy atom. The Balaban J connectivity index is 2.19. The summed E-state index contributed by atoms with van der Waals surface area (Å²) in [5.41, 5.74) is 6.36. The maximum absolute atomic E-state index is 9.46. The van der Waals surface area contributed by atoms with E-state index in [-0.39, 0.29) is 6.61 Å². The smallest absolute Gasteiger partial charge is 0.229 e. The SMILES string of the molecule is CCc1cn(C(CC)CC)c2cc(C)nc(Oc3c(C)cc(CO)cc3C)c12. The quantitative estimate of drug-likeness (QED) is 0.533. The maximum Gasteiger partial charge on any atom is 0.229 e. The van der Waals surface area contributed by atoms with Gasteiger partial charge in [-0.25, -0.2) is 4.98 Å². The third kappa shape index (κ3) is 3.66. The molecule has 0 aliphatic carbocycles. The highest BCUT2D eigenvalue weighted by Crippen LogP contribution is 2.37. The molecule has 2 heterocycles. The van der Waals surface area contributed by atoms with Gasteiger partial charge in [-0.2, -0.15) is 0 Å². The predicted octanol–water partition coefficient (Wildman–Crippen LogP) is 6.17. The molecule has 0 saturated carbocycles. The van der Waals surface area contributed by atoms with Crippen LogP contribution in [0.1, 0.15) is 67.6 Å². The Morgan fingerprint density at radius 1 is 1.04 bits per heavy atom. The van der Waals surface area contributed by atoms with E-state index in [0.717, 1.165) is 52.8 Å². The van der Waals surface area contributed by atoms with Gasteiger partial charge in [0, 0.05) is 17.9 Å². The second-order valence-corrected chi connectivity index (χ2v) is 7.67. The van der Waals surface area contributed by atoms with Gasteiger partial charge in [-0.1, -0.05) is 32.9 Å². The highest BCUT2D eigenvalue weighted by atomic mass is 16.5. The molecule has 0 bridgehead atoms. The van der Waals surface area contributed by atoms with Gasteiger partial charge in [0.2, 0.25) is 5.88 Å². The Morgan fingerprint density at radius 2 is 1.68 bits per heavy atom. The highest BCUT2D eigenvalue weighted by molar-refractivity contribution is 5.89. The van der Waals surface area contributed by atoms with Gasteiger partial charge in [0.25, 0.3) is 0 Å². The number of aryl methyl sites for hydroxylation is 4. The molecule has 1 aromatic carbocycles. The molecule has 0 amide bonds. The van der Waals surface area contributed by atoms with E-state index in [2.05, 4.69) is 37.6 Å². The van der Waals surface area contributed by atoms with Crippen molar-refractivity contribution in [3.63, 3.8) is 0 Å². The molecule has 4 nitrogen and oxygen atoms in total. The number of aliphatic hydroxyl groups is 1. The second kappa shape index (κ2) is 8.36. The van der Waals surface area contributed by atoms with Gasteiger partial charge in [-0.15, -0.1) is 0 Å².